The van der Waals surface area contributed by atoms with E-state index in [2.05, 4.69) is 16.4 Å². The first-order chi connectivity index (χ1) is 16.0. The number of carbonyl (C=O) groups is 2. The zero-order valence-electron chi connectivity index (χ0n) is 18.8. The fourth-order valence-electron chi connectivity index (χ4n) is 3.90. The summed E-state index contributed by atoms with van der Waals surface area (Å²) < 4.78 is 11.2. The molecular formula is C26H26N2O4S. The lowest BCUT2D eigenvalue weighted by molar-refractivity contribution is 0.0955. The van der Waals surface area contributed by atoms with Gasteiger partial charge < -0.3 is 19.8 Å². The Morgan fingerprint density at radius 2 is 1.85 bits per heavy atom. The average molecular weight is 463 g/mol. The van der Waals surface area contributed by atoms with Gasteiger partial charge in [0, 0.05) is 29.6 Å². The number of fused-ring (bicyclic) bond motifs is 1. The maximum absolute atomic E-state index is 12.8. The van der Waals surface area contributed by atoms with Crippen molar-refractivity contribution in [3.05, 3.63) is 81.7 Å². The number of rotatable bonds is 9. The van der Waals surface area contributed by atoms with Crippen LogP contribution in [0.25, 0.3) is 10.9 Å². The maximum Gasteiger partial charge on any atom is 0.261 e. The minimum Gasteiger partial charge on any atom is -0.493 e. The Morgan fingerprint density at radius 1 is 1.06 bits per heavy atom. The van der Waals surface area contributed by atoms with E-state index in [-0.39, 0.29) is 17.6 Å². The van der Waals surface area contributed by atoms with Gasteiger partial charge in [0.15, 0.2) is 17.3 Å². The van der Waals surface area contributed by atoms with Crippen LogP contribution in [0.5, 0.6) is 11.5 Å². The Hall–Kier alpha value is -3.58. The quantitative estimate of drug-likeness (QED) is 0.326. The molecule has 0 unspecified atom stereocenters. The molecule has 0 fully saturated rings. The summed E-state index contributed by atoms with van der Waals surface area (Å²) in [6, 6.07) is 17.3. The van der Waals surface area contributed by atoms with Gasteiger partial charge in [0.1, 0.15) is 0 Å². The maximum atomic E-state index is 12.8. The molecule has 0 bridgehead atoms. The van der Waals surface area contributed by atoms with Gasteiger partial charge >= 0.3 is 0 Å². The molecule has 0 spiro atoms. The van der Waals surface area contributed by atoms with Crippen LogP contribution in [0, 0.1) is 0 Å². The molecule has 0 aliphatic heterocycles. The second kappa shape index (κ2) is 9.92. The summed E-state index contributed by atoms with van der Waals surface area (Å²) in [5.41, 5.74) is 3.11. The van der Waals surface area contributed by atoms with Crippen LogP contribution in [0.15, 0.2) is 60.8 Å². The molecule has 2 N–H and O–H groups in total. The molecule has 0 aliphatic carbocycles. The highest BCUT2D eigenvalue weighted by Crippen LogP contribution is 2.36. The van der Waals surface area contributed by atoms with Crippen LogP contribution in [-0.2, 0) is 0 Å². The number of aromatic amines is 1. The fourth-order valence-corrected chi connectivity index (χ4v) is 4.71. The van der Waals surface area contributed by atoms with E-state index in [4.69, 9.17) is 9.47 Å². The van der Waals surface area contributed by atoms with E-state index in [9.17, 15) is 9.59 Å². The highest BCUT2D eigenvalue weighted by atomic mass is 32.1. The summed E-state index contributed by atoms with van der Waals surface area (Å²) in [4.78, 5) is 28.9. The van der Waals surface area contributed by atoms with Crippen LogP contribution >= 0.6 is 11.3 Å². The van der Waals surface area contributed by atoms with Crippen molar-refractivity contribution in [3.8, 4) is 11.5 Å². The van der Waals surface area contributed by atoms with Crippen molar-refractivity contribution in [2.45, 2.75) is 19.8 Å². The lowest BCUT2D eigenvalue weighted by Gasteiger charge is -2.20. The first kappa shape index (κ1) is 22.6. The van der Waals surface area contributed by atoms with E-state index in [0.717, 1.165) is 22.0 Å². The van der Waals surface area contributed by atoms with Gasteiger partial charge in [-0.25, -0.2) is 0 Å². The van der Waals surface area contributed by atoms with Crippen molar-refractivity contribution in [1.82, 2.24) is 10.3 Å². The smallest absolute Gasteiger partial charge is 0.261 e. The first-order valence-corrected chi connectivity index (χ1v) is 11.6. The van der Waals surface area contributed by atoms with Crippen molar-refractivity contribution < 1.29 is 19.1 Å². The number of ketones is 1. The van der Waals surface area contributed by atoms with Crippen molar-refractivity contribution >= 4 is 33.9 Å². The zero-order valence-corrected chi connectivity index (χ0v) is 19.6. The number of Topliss-reactive ketones (excluding diaryl/α,β-unsaturated/α-hetero) is 1. The second-order valence-corrected chi connectivity index (χ2v) is 8.70. The Balaban J connectivity index is 1.67. The van der Waals surface area contributed by atoms with Gasteiger partial charge in [-0.2, -0.15) is 0 Å². The fraction of sp³-hybridized carbons (Fsp3) is 0.231. The van der Waals surface area contributed by atoms with Crippen LogP contribution in [0.1, 0.15) is 50.2 Å². The van der Waals surface area contributed by atoms with E-state index in [0.29, 0.717) is 34.4 Å². The summed E-state index contributed by atoms with van der Waals surface area (Å²) in [5, 5.41) is 4.15. The van der Waals surface area contributed by atoms with Gasteiger partial charge in [-0.05, 0) is 55.3 Å². The number of para-hydroxylation sites is 1. The average Bonchev–Trinajstić information content (AvgIpc) is 3.48. The van der Waals surface area contributed by atoms with Gasteiger partial charge in [0.2, 0.25) is 0 Å². The van der Waals surface area contributed by atoms with Crippen LogP contribution < -0.4 is 14.8 Å². The minimum absolute atomic E-state index is 0.0443. The third-order valence-electron chi connectivity index (χ3n) is 5.53. The van der Waals surface area contributed by atoms with E-state index >= 15 is 0 Å². The lowest BCUT2D eigenvalue weighted by atomic mass is 9.90. The molecule has 0 aliphatic rings. The number of thiophene rings is 1. The largest absolute Gasteiger partial charge is 0.493 e. The second-order valence-electron chi connectivity index (χ2n) is 7.62. The Bertz CT molecular complexity index is 1290. The summed E-state index contributed by atoms with van der Waals surface area (Å²) in [6.45, 7) is 4.35. The molecule has 2 aromatic carbocycles. The van der Waals surface area contributed by atoms with Gasteiger partial charge in [0.05, 0.1) is 23.5 Å². The SMILES string of the molecule is CCOc1ccc([C@@H](CNC(=O)c2ccc(C(C)=O)s2)c2c[nH]c3ccccc23)cc1OC. The van der Waals surface area contributed by atoms with E-state index in [1.54, 1.807) is 19.2 Å². The summed E-state index contributed by atoms with van der Waals surface area (Å²) >= 11 is 1.21. The third-order valence-corrected chi connectivity index (χ3v) is 6.71. The molecule has 1 atom stereocenters. The van der Waals surface area contributed by atoms with Gasteiger partial charge in [0.25, 0.3) is 5.91 Å². The number of hydrogen-bond acceptors (Lipinski definition) is 5. The number of benzene rings is 2. The number of methoxy groups -OCH3 is 1. The molecule has 170 valence electrons. The normalized spacial score (nSPS) is 11.8. The van der Waals surface area contributed by atoms with Crippen molar-refractivity contribution in [2.75, 3.05) is 20.3 Å². The Kier molecular flexibility index (Phi) is 6.79. The predicted molar refractivity (Wildman–Crippen MR) is 131 cm³/mol. The third kappa shape index (κ3) is 4.78. The summed E-state index contributed by atoms with van der Waals surface area (Å²) in [5.74, 6) is 0.963. The minimum atomic E-state index is -0.199. The van der Waals surface area contributed by atoms with E-state index in [1.165, 1.54) is 18.3 Å². The molecular weight excluding hydrogens is 436 g/mol. The van der Waals surface area contributed by atoms with Gasteiger partial charge in [-0.3, -0.25) is 9.59 Å². The Labute approximate surface area is 196 Å². The number of H-pyrrole nitrogens is 1. The highest BCUT2D eigenvalue weighted by molar-refractivity contribution is 7.15. The molecule has 4 rings (SSSR count). The van der Waals surface area contributed by atoms with Crippen molar-refractivity contribution in [1.29, 1.82) is 0 Å². The van der Waals surface area contributed by atoms with Crippen LogP contribution in [-0.4, -0.2) is 36.9 Å². The van der Waals surface area contributed by atoms with Gasteiger partial charge in [-0.1, -0.05) is 24.3 Å². The van der Waals surface area contributed by atoms with Crippen molar-refractivity contribution in [3.63, 3.8) is 0 Å². The summed E-state index contributed by atoms with van der Waals surface area (Å²) in [6.07, 6.45) is 1.99. The molecule has 0 saturated carbocycles. The highest BCUT2D eigenvalue weighted by Gasteiger charge is 2.22. The van der Waals surface area contributed by atoms with Crippen LogP contribution in [0.4, 0.5) is 0 Å². The number of aromatic nitrogens is 1. The number of carbonyl (C=O) groups excluding carboxylic acids is 2. The molecule has 0 saturated heterocycles. The Morgan fingerprint density at radius 3 is 2.58 bits per heavy atom. The standard InChI is InChI=1S/C26H26N2O4S/c1-4-32-22-10-9-17(13-23(22)31-3)19(20-15-27-21-8-6-5-7-18(20)21)14-28-26(30)25-12-11-24(33-25)16(2)29/h5-13,15,19,27H,4,14H2,1-3H3,(H,28,30)/t19-/m1/s1. The molecule has 1 amide bonds. The van der Waals surface area contributed by atoms with E-state index in [1.807, 2.05) is 49.5 Å². The van der Waals surface area contributed by atoms with Gasteiger partial charge in [-0.15, -0.1) is 11.3 Å². The number of hydrogen-bond donors (Lipinski definition) is 2. The first-order valence-electron chi connectivity index (χ1n) is 10.8. The molecule has 7 heteroatoms. The molecule has 4 aromatic rings. The molecule has 6 nitrogen and oxygen atoms in total. The molecule has 0 radical (unpaired) electrons. The monoisotopic (exact) mass is 462 g/mol. The predicted octanol–water partition coefficient (Wildman–Crippen LogP) is 5.40. The lowest BCUT2D eigenvalue weighted by Crippen LogP contribution is -2.28. The number of amides is 1. The number of ether oxygens (including phenoxy) is 2. The molecule has 2 aromatic heterocycles. The van der Waals surface area contributed by atoms with E-state index < -0.39 is 0 Å². The van der Waals surface area contributed by atoms with Crippen molar-refractivity contribution in [2.24, 2.45) is 0 Å². The molecule has 33 heavy (non-hydrogen) atoms. The topological polar surface area (TPSA) is 80.4 Å². The number of nitrogens with one attached hydrogen (secondary N) is 2. The zero-order chi connectivity index (χ0) is 23.4. The summed E-state index contributed by atoms with van der Waals surface area (Å²) in [7, 11) is 1.62. The molecule has 2 heterocycles. The van der Waals surface area contributed by atoms with Crippen LogP contribution in [0.3, 0.4) is 0 Å². The van der Waals surface area contributed by atoms with Crippen LogP contribution in [0.2, 0.25) is 0 Å².